The molecule has 1 aliphatic rings. The van der Waals surface area contributed by atoms with Crippen molar-refractivity contribution in [2.75, 3.05) is 17.8 Å². The van der Waals surface area contributed by atoms with Gasteiger partial charge < -0.3 is 5.11 Å². The number of aryl methyl sites for hydroxylation is 1. The summed E-state index contributed by atoms with van der Waals surface area (Å²) in [5.41, 5.74) is 1.07. The molecule has 1 saturated heterocycles. The van der Waals surface area contributed by atoms with Crippen molar-refractivity contribution in [3.63, 3.8) is 0 Å². The summed E-state index contributed by atoms with van der Waals surface area (Å²) in [4.78, 5) is 10.8. The zero-order chi connectivity index (χ0) is 13.3. The highest BCUT2D eigenvalue weighted by atomic mass is 32.2. The van der Waals surface area contributed by atoms with Crippen molar-refractivity contribution >= 4 is 21.9 Å². The molecule has 98 valence electrons. The van der Waals surface area contributed by atoms with Crippen LogP contribution in [0.15, 0.2) is 18.2 Å². The smallest absolute Gasteiger partial charge is 0.335 e. The second-order valence-electron chi connectivity index (χ2n) is 4.19. The van der Waals surface area contributed by atoms with Gasteiger partial charge >= 0.3 is 16.2 Å². The van der Waals surface area contributed by atoms with Gasteiger partial charge in [-0.05, 0) is 37.1 Å². The van der Waals surface area contributed by atoms with Crippen molar-refractivity contribution in [2.45, 2.75) is 13.3 Å². The third kappa shape index (κ3) is 2.46. The summed E-state index contributed by atoms with van der Waals surface area (Å²) in [7, 11) is -3.49. The number of carboxylic acid groups (broad SMARTS) is 1. The first-order chi connectivity index (χ1) is 8.40. The van der Waals surface area contributed by atoms with Gasteiger partial charge in [0.2, 0.25) is 0 Å². The number of anilines is 1. The van der Waals surface area contributed by atoms with Gasteiger partial charge in [0.15, 0.2) is 0 Å². The lowest BCUT2D eigenvalue weighted by molar-refractivity contribution is 0.0696. The molecule has 1 aromatic rings. The zero-order valence-electron chi connectivity index (χ0n) is 9.88. The number of hydrogen-bond acceptors (Lipinski definition) is 3. The van der Waals surface area contributed by atoms with Crippen LogP contribution in [0.25, 0.3) is 0 Å². The molecule has 0 spiro atoms. The molecule has 0 saturated carbocycles. The van der Waals surface area contributed by atoms with Gasteiger partial charge in [-0.2, -0.15) is 12.7 Å². The molecule has 0 atom stereocenters. The van der Waals surface area contributed by atoms with Crippen LogP contribution >= 0.6 is 0 Å². The third-order valence-corrected chi connectivity index (χ3v) is 4.40. The van der Waals surface area contributed by atoms with Crippen LogP contribution in [0.4, 0.5) is 5.69 Å². The number of benzene rings is 1. The quantitative estimate of drug-likeness (QED) is 0.856. The fraction of sp³-hybridized carbons (Fsp3) is 0.364. The highest BCUT2D eigenvalue weighted by Crippen LogP contribution is 2.19. The van der Waals surface area contributed by atoms with Gasteiger partial charge in [-0.15, -0.1) is 0 Å². The summed E-state index contributed by atoms with van der Waals surface area (Å²) < 4.78 is 27.4. The summed E-state index contributed by atoms with van der Waals surface area (Å²) in [5.74, 6) is -1.02. The van der Waals surface area contributed by atoms with Crippen LogP contribution in [0.1, 0.15) is 22.3 Å². The van der Waals surface area contributed by atoms with E-state index < -0.39 is 16.2 Å². The Hall–Kier alpha value is -1.60. The molecule has 1 fully saturated rings. The van der Waals surface area contributed by atoms with E-state index in [2.05, 4.69) is 4.72 Å². The van der Waals surface area contributed by atoms with Crippen LogP contribution in [-0.4, -0.2) is 36.9 Å². The van der Waals surface area contributed by atoms with Crippen molar-refractivity contribution in [1.82, 2.24) is 4.31 Å². The number of rotatable bonds is 4. The second-order valence-corrected chi connectivity index (χ2v) is 5.87. The van der Waals surface area contributed by atoms with Crippen molar-refractivity contribution in [3.05, 3.63) is 29.3 Å². The van der Waals surface area contributed by atoms with Gasteiger partial charge in [-0.3, -0.25) is 4.72 Å². The number of nitrogens with zero attached hydrogens (tertiary/aromatic N) is 1. The molecule has 7 heteroatoms. The monoisotopic (exact) mass is 270 g/mol. The average molecular weight is 270 g/mol. The first kappa shape index (κ1) is 12.8. The topological polar surface area (TPSA) is 86.7 Å². The molecule has 2 rings (SSSR count). The number of hydrogen-bond donors (Lipinski definition) is 2. The van der Waals surface area contributed by atoms with Gasteiger partial charge in [-0.1, -0.05) is 0 Å². The second kappa shape index (κ2) is 4.58. The maximum Gasteiger partial charge on any atom is 0.335 e. The van der Waals surface area contributed by atoms with E-state index >= 15 is 0 Å². The van der Waals surface area contributed by atoms with E-state index in [4.69, 9.17) is 5.11 Å². The van der Waals surface area contributed by atoms with Crippen LogP contribution in [0.2, 0.25) is 0 Å². The molecular formula is C11H14N2O4S. The summed E-state index contributed by atoms with van der Waals surface area (Å²) >= 11 is 0. The van der Waals surface area contributed by atoms with Gasteiger partial charge in [0.25, 0.3) is 0 Å². The number of carbonyl (C=O) groups is 1. The normalized spacial score (nSPS) is 16.1. The molecule has 1 heterocycles. The van der Waals surface area contributed by atoms with Gasteiger partial charge in [-0.25, -0.2) is 4.79 Å². The largest absolute Gasteiger partial charge is 0.478 e. The van der Waals surface area contributed by atoms with Crippen LogP contribution in [0.5, 0.6) is 0 Å². The summed E-state index contributed by atoms with van der Waals surface area (Å²) in [6.45, 7) is 2.69. The van der Waals surface area contributed by atoms with E-state index in [-0.39, 0.29) is 5.56 Å². The van der Waals surface area contributed by atoms with E-state index in [1.165, 1.54) is 22.5 Å². The average Bonchev–Trinajstić information content (AvgIpc) is 2.11. The highest BCUT2D eigenvalue weighted by molar-refractivity contribution is 7.90. The number of aromatic carboxylic acids is 1. The van der Waals surface area contributed by atoms with Crippen LogP contribution in [0, 0.1) is 6.92 Å². The van der Waals surface area contributed by atoms with E-state index in [0.29, 0.717) is 24.3 Å². The lowest BCUT2D eigenvalue weighted by Crippen LogP contribution is -2.45. The van der Waals surface area contributed by atoms with Gasteiger partial charge in [0.05, 0.1) is 11.3 Å². The Kier molecular flexibility index (Phi) is 3.27. The molecule has 6 nitrogen and oxygen atoms in total. The van der Waals surface area contributed by atoms with Crippen LogP contribution in [-0.2, 0) is 10.2 Å². The molecule has 2 N–H and O–H groups in total. The Morgan fingerprint density at radius 2 is 2.06 bits per heavy atom. The van der Waals surface area contributed by atoms with Crippen LogP contribution < -0.4 is 4.72 Å². The maximum absolute atomic E-state index is 11.8. The molecule has 0 amide bonds. The molecule has 0 aromatic heterocycles. The zero-order valence-corrected chi connectivity index (χ0v) is 10.7. The fourth-order valence-electron chi connectivity index (χ4n) is 1.71. The minimum atomic E-state index is -3.49. The summed E-state index contributed by atoms with van der Waals surface area (Å²) in [6, 6.07) is 4.36. The van der Waals surface area contributed by atoms with Crippen molar-refractivity contribution in [1.29, 1.82) is 0 Å². The van der Waals surface area contributed by atoms with Crippen molar-refractivity contribution < 1.29 is 18.3 Å². The molecule has 0 aliphatic carbocycles. The predicted molar refractivity (Wildman–Crippen MR) is 66.9 cm³/mol. The Labute approximate surface area is 105 Å². The minimum absolute atomic E-state index is 0.168. The van der Waals surface area contributed by atoms with Gasteiger partial charge in [0.1, 0.15) is 0 Å². The molecule has 1 aromatic carbocycles. The van der Waals surface area contributed by atoms with E-state index in [0.717, 1.165) is 6.42 Å². The SMILES string of the molecule is Cc1cc(NS(=O)(=O)N2CCC2)ccc1C(=O)O. The van der Waals surface area contributed by atoms with E-state index in [1.54, 1.807) is 6.92 Å². The Bertz CT molecular complexity index is 579. The minimum Gasteiger partial charge on any atom is -0.478 e. The first-order valence-electron chi connectivity index (χ1n) is 5.52. The molecular weight excluding hydrogens is 256 g/mol. The lowest BCUT2D eigenvalue weighted by atomic mass is 10.1. The Balaban J connectivity index is 2.20. The van der Waals surface area contributed by atoms with Crippen molar-refractivity contribution in [2.24, 2.45) is 0 Å². The Morgan fingerprint density at radius 1 is 1.39 bits per heavy atom. The molecule has 0 bridgehead atoms. The number of carboxylic acids is 1. The van der Waals surface area contributed by atoms with Crippen LogP contribution in [0.3, 0.4) is 0 Å². The molecule has 18 heavy (non-hydrogen) atoms. The molecule has 0 unspecified atom stereocenters. The van der Waals surface area contributed by atoms with Crippen molar-refractivity contribution in [3.8, 4) is 0 Å². The Morgan fingerprint density at radius 3 is 2.50 bits per heavy atom. The maximum atomic E-state index is 11.8. The van der Waals surface area contributed by atoms with Gasteiger partial charge in [0, 0.05) is 13.1 Å². The molecule has 1 aliphatic heterocycles. The number of nitrogens with one attached hydrogen (secondary N) is 1. The molecule has 0 radical (unpaired) electrons. The standard InChI is InChI=1S/C11H14N2O4S/c1-8-7-9(3-4-10(8)11(14)15)12-18(16,17)13-5-2-6-13/h3-4,7,12H,2,5-6H2,1H3,(H,14,15). The fourth-order valence-corrected chi connectivity index (χ4v) is 3.00. The first-order valence-corrected chi connectivity index (χ1v) is 6.96. The summed E-state index contributed by atoms with van der Waals surface area (Å²) in [6.07, 6.45) is 0.873. The predicted octanol–water partition coefficient (Wildman–Crippen LogP) is 1.06. The van der Waals surface area contributed by atoms with E-state index in [9.17, 15) is 13.2 Å². The summed E-state index contributed by atoms with van der Waals surface area (Å²) in [5, 5.41) is 8.88. The lowest BCUT2D eigenvalue weighted by Gasteiger charge is -2.29. The van der Waals surface area contributed by atoms with E-state index in [1.807, 2.05) is 0 Å². The third-order valence-electron chi connectivity index (χ3n) is 2.86. The highest BCUT2D eigenvalue weighted by Gasteiger charge is 2.27.